The summed E-state index contributed by atoms with van der Waals surface area (Å²) in [7, 11) is 0. The van der Waals surface area contributed by atoms with Gasteiger partial charge in [-0.1, -0.05) is 48.0 Å². The van der Waals surface area contributed by atoms with Crippen molar-refractivity contribution in [2.75, 3.05) is 6.61 Å². The fraction of sp³-hybridized carbons (Fsp3) is 0.125. The minimum absolute atomic E-state index is 0.0603. The van der Waals surface area contributed by atoms with Gasteiger partial charge in [0.25, 0.3) is 5.91 Å². The molecule has 0 aliphatic heterocycles. The smallest absolute Gasteiger partial charge is 0.277 e. The first-order valence-corrected chi connectivity index (χ1v) is 6.30. The van der Waals surface area contributed by atoms with Gasteiger partial charge in [0.15, 0.2) is 6.61 Å². The number of hydrogen-bond acceptors (Lipinski definition) is 3. The van der Waals surface area contributed by atoms with E-state index in [2.05, 4.69) is 10.5 Å². The number of rotatable bonds is 5. The molecule has 0 atom stereocenters. The van der Waals surface area contributed by atoms with Crippen LogP contribution in [0, 0.1) is 6.92 Å². The molecule has 4 nitrogen and oxygen atoms in total. The fourth-order valence-corrected chi connectivity index (χ4v) is 1.63. The number of carbonyl (C=O) groups excluding carboxylic acids is 1. The second-order valence-electron chi connectivity index (χ2n) is 4.31. The van der Waals surface area contributed by atoms with Gasteiger partial charge >= 0.3 is 0 Å². The Morgan fingerprint density at radius 1 is 1.20 bits per heavy atom. The maximum Gasteiger partial charge on any atom is 0.277 e. The highest BCUT2D eigenvalue weighted by Crippen LogP contribution is 2.07. The summed E-state index contributed by atoms with van der Waals surface area (Å²) in [5.41, 5.74) is 4.51. The van der Waals surface area contributed by atoms with E-state index in [1.54, 1.807) is 18.3 Å². The van der Waals surface area contributed by atoms with Crippen LogP contribution < -0.4 is 10.2 Å². The molecule has 2 rings (SSSR count). The Morgan fingerprint density at radius 3 is 2.75 bits per heavy atom. The lowest BCUT2D eigenvalue weighted by atomic mass is 10.2. The van der Waals surface area contributed by atoms with Crippen molar-refractivity contribution >= 4 is 12.1 Å². The van der Waals surface area contributed by atoms with Crippen LogP contribution >= 0.6 is 0 Å². The highest BCUT2D eigenvalue weighted by atomic mass is 16.5. The van der Waals surface area contributed by atoms with Gasteiger partial charge in [0, 0.05) is 0 Å². The molecule has 0 saturated carbocycles. The average Bonchev–Trinajstić information content (AvgIpc) is 2.46. The first kappa shape index (κ1) is 13.8. The number of benzene rings is 2. The SMILES string of the molecule is Cc1cccc(C=NNC(=O)COc2ccccc2)c1. The second kappa shape index (κ2) is 7.09. The third-order valence-corrected chi connectivity index (χ3v) is 2.56. The summed E-state index contributed by atoms with van der Waals surface area (Å²) in [5.74, 6) is 0.364. The van der Waals surface area contributed by atoms with Crippen LogP contribution in [0.5, 0.6) is 5.75 Å². The Hall–Kier alpha value is -2.62. The lowest BCUT2D eigenvalue weighted by Gasteiger charge is -2.04. The molecule has 2 aromatic rings. The van der Waals surface area contributed by atoms with Crippen molar-refractivity contribution in [3.05, 3.63) is 65.7 Å². The van der Waals surface area contributed by atoms with E-state index in [0.29, 0.717) is 5.75 Å². The minimum atomic E-state index is -0.294. The molecule has 0 bridgehead atoms. The van der Waals surface area contributed by atoms with Gasteiger partial charge in [-0.25, -0.2) is 5.43 Å². The van der Waals surface area contributed by atoms with Crippen LogP contribution in [0.25, 0.3) is 0 Å². The number of hydrazone groups is 1. The average molecular weight is 268 g/mol. The summed E-state index contributed by atoms with van der Waals surface area (Å²) in [6.45, 7) is 1.94. The van der Waals surface area contributed by atoms with E-state index in [4.69, 9.17) is 4.74 Å². The quantitative estimate of drug-likeness (QED) is 0.669. The molecule has 0 radical (unpaired) electrons. The van der Waals surface area contributed by atoms with E-state index in [1.807, 2.05) is 49.4 Å². The Morgan fingerprint density at radius 2 is 2.00 bits per heavy atom. The van der Waals surface area contributed by atoms with Gasteiger partial charge in [-0.15, -0.1) is 0 Å². The van der Waals surface area contributed by atoms with Crippen LogP contribution in [0.2, 0.25) is 0 Å². The molecule has 0 saturated heterocycles. The van der Waals surface area contributed by atoms with Gasteiger partial charge in [0.05, 0.1) is 6.21 Å². The van der Waals surface area contributed by atoms with Crippen molar-refractivity contribution < 1.29 is 9.53 Å². The molecule has 1 N–H and O–H groups in total. The van der Waals surface area contributed by atoms with E-state index >= 15 is 0 Å². The van der Waals surface area contributed by atoms with Crippen LogP contribution in [-0.4, -0.2) is 18.7 Å². The fourth-order valence-electron chi connectivity index (χ4n) is 1.63. The number of ether oxygens (including phenoxy) is 1. The molecular formula is C16H16N2O2. The van der Waals surface area contributed by atoms with Gasteiger partial charge in [0.1, 0.15) is 5.75 Å². The number of aryl methyl sites for hydroxylation is 1. The molecule has 4 heteroatoms. The molecule has 1 amide bonds. The molecule has 0 fully saturated rings. The molecule has 0 aromatic heterocycles. The van der Waals surface area contributed by atoms with E-state index in [1.165, 1.54) is 0 Å². The number of carbonyl (C=O) groups is 1. The third kappa shape index (κ3) is 4.57. The van der Waals surface area contributed by atoms with E-state index in [-0.39, 0.29) is 12.5 Å². The second-order valence-corrected chi connectivity index (χ2v) is 4.31. The largest absolute Gasteiger partial charge is 0.484 e. The molecule has 0 aliphatic carbocycles. The zero-order valence-electron chi connectivity index (χ0n) is 11.2. The van der Waals surface area contributed by atoms with Gasteiger partial charge < -0.3 is 4.74 Å². The molecule has 0 spiro atoms. The third-order valence-electron chi connectivity index (χ3n) is 2.56. The summed E-state index contributed by atoms with van der Waals surface area (Å²) < 4.78 is 5.30. The van der Waals surface area contributed by atoms with Crippen molar-refractivity contribution in [1.82, 2.24) is 5.43 Å². The molecule has 0 heterocycles. The van der Waals surface area contributed by atoms with Gasteiger partial charge in [0.2, 0.25) is 0 Å². The number of nitrogens with zero attached hydrogens (tertiary/aromatic N) is 1. The van der Waals surface area contributed by atoms with Crippen LogP contribution in [0.15, 0.2) is 59.7 Å². The molecule has 2 aromatic carbocycles. The van der Waals surface area contributed by atoms with E-state index in [9.17, 15) is 4.79 Å². The Balaban J connectivity index is 1.78. The van der Waals surface area contributed by atoms with E-state index < -0.39 is 0 Å². The maximum absolute atomic E-state index is 11.5. The summed E-state index contributed by atoms with van der Waals surface area (Å²) >= 11 is 0. The highest BCUT2D eigenvalue weighted by Gasteiger charge is 2.00. The van der Waals surface area contributed by atoms with Gasteiger partial charge in [-0.05, 0) is 24.6 Å². The standard InChI is InChI=1S/C16H16N2O2/c1-13-6-5-7-14(10-13)11-17-18-16(19)12-20-15-8-3-2-4-9-15/h2-11H,12H2,1H3,(H,18,19). The van der Waals surface area contributed by atoms with Crippen molar-refractivity contribution in [2.45, 2.75) is 6.92 Å². The maximum atomic E-state index is 11.5. The Kier molecular flexibility index (Phi) is 4.89. The zero-order valence-corrected chi connectivity index (χ0v) is 11.2. The highest BCUT2D eigenvalue weighted by molar-refractivity contribution is 5.83. The predicted molar refractivity (Wildman–Crippen MR) is 78.9 cm³/mol. The summed E-state index contributed by atoms with van der Waals surface area (Å²) in [5, 5.41) is 3.89. The van der Waals surface area contributed by atoms with Crippen molar-refractivity contribution in [3.8, 4) is 5.75 Å². The number of nitrogens with one attached hydrogen (secondary N) is 1. The number of hydrogen-bond donors (Lipinski definition) is 1. The first-order chi connectivity index (χ1) is 9.74. The monoisotopic (exact) mass is 268 g/mol. The topological polar surface area (TPSA) is 50.7 Å². The zero-order chi connectivity index (χ0) is 14.2. The van der Waals surface area contributed by atoms with Crippen molar-refractivity contribution in [1.29, 1.82) is 0 Å². The van der Waals surface area contributed by atoms with Crippen molar-refractivity contribution in [3.63, 3.8) is 0 Å². The van der Waals surface area contributed by atoms with E-state index in [0.717, 1.165) is 11.1 Å². The number of amides is 1. The van der Waals surface area contributed by atoms with Gasteiger partial charge in [-0.3, -0.25) is 4.79 Å². The first-order valence-electron chi connectivity index (χ1n) is 6.30. The summed E-state index contributed by atoms with van der Waals surface area (Å²) in [6, 6.07) is 17.0. The Bertz CT molecular complexity index is 594. The minimum Gasteiger partial charge on any atom is -0.484 e. The lowest BCUT2D eigenvalue weighted by Crippen LogP contribution is -2.24. The van der Waals surface area contributed by atoms with Crippen LogP contribution in [0.3, 0.4) is 0 Å². The molecule has 0 unspecified atom stereocenters. The number of para-hydroxylation sites is 1. The molecule has 20 heavy (non-hydrogen) atoms. The lowest BCUT2D eigenvalue weighted by molar-refractivity contribution is -0.123. The predicted octanol–water partition coefficient (Wildman–Crippen LogP) is 2.52. The molecule has 102 valence electrons. The van der Waals surface area contributed by atoms with Crippen LogP contribution in [0.1, 0.15) is 11.1 Å². The summed E-state index contributed by atoms with van der Waals surface area (Å²) in [6.07, 6.45) is 1.60. The van der Waals surface area contributed by atoms with Crippen LogP contribution in [0.4, 0.5) is 0 Å². The normalized spacial score (nSPS) is 10.4. The molecular weight excluding hydrogens is 252 g/mol. The van der Waals surface area contributed by atoms with Crippen molar-refractivity contribution in [2.24, 2.45) is 5.10 Å². The summed E-state index contributed by atoms with van der Waals surface area (Å²) in [4.78, 5) is 11.5. The molecule has 0 aliphatic rings. The van der Waals surface area contributed by atoms with Gasteiger partial charge in [-0.2, -0.15) is 5.10 Å². The van der Waals surface area contributed by atoms with Crippen LogP contribution in [-0.2, 0) is 4.79 Å². The Labute approximate surface area is 118 Å².